The summed E-state index contributed by atoms with van der Waals surface area (Å²) in [6, 6.07) is 14.5. The van der Waals surface area contributed by atoms with E-state index in [1.54, 1.807) is 30.5 Å². The Bertz CT molecular complexity index is 840. The highest BCUT2D eigenvalue weighted by Gasteiger charge is 2.13. The number of rotatable bonds is 3. The van der Waals surface area contributed by atoms with Crippen molar-refractivity contribution < 1.29 is 9.59 Å². The molecule has 2 amide bonds. The molecular weight excluding hydrogens is 344 g/mol. The fourth-order valence-corrected chi connectivity index (χ4v) is 2.66. The molecule has 2 N–H and O–H groups in total. The smallest absolute Gasteiger partial charge is 0.257 e. The maximum absolute atomic E-state index is 12.1. The van der Waals surface area contributed by atoms with Gasteiger partial charge in [0.15, 0.2) is 0 Å². The molecule has 0 fully saturated rings. The van der Waals surface area contributed by atoms with E-state index in [4.69, 9.17) is 0 Å². The van der Waals surface area contributed by atoms with Gasteiger partial charge in [0.25, 0.3) is 5.91 Å². The molecule has 1 heterocycles. The summed E-state index contributed by atoms with van der Waals surface area (Å²) in [6.07, 6.45) is 1.94. The first-order valence-corrected chi connectivity index (χ1v) is 7.57. The molecule has 2 aromatic carbocycles. The van der Waals surface area contributed by atoms with Crippen molar-refractivity contribution >= 4 is 38.6 Å². The normalized spacial score (nSPS) is 10.6. The molecule has 3 aromatic rings. The number of fused-ring (bicyclic) bond motifs is 1. The molecule has 3 rings (SSSR count). The number of hydrogen-bond acceptors (Lipinski definition) is 2. The maximum Gasteiger partial charge on any atom is 0.257 e. The Balaban J connectivity index is 1.73. The standard InChI is InChI=1S/C17H13BrN2O2/c18-13-6-7-15-14(9-13)12(10-19-15)8-16(21)20-17(22)11-4-2-1-3-5-11/h1-7,9-10,19H,8H2,(H,20,21,22). The van der Waals surface area contributed by atoms with Gasteiger partial charge in [0, 0.05) is 27.1 Å². The van der Waals surface area contributed by atoms with Crippen molar-refractivity contribution in [3.63, 3.8) is 0 Å². The number of benzene rings is 2. The highest BCUT2D eigenvalue weighted by Crippen LogP contribution is 2.23. The van der Waals surface area contributed by atoms with Gasteiger partial charge in [0.05, 0.1) is 6.42 Å². The Morgan fingerprint density at radius 1 is 1.09 bits per heavy atom. The molecular formula is C17H13BrN2O2. The Hall–Kier alpha value is -2.40. The van der Waals surface area contributed by atoms with Crippen LogP contribution in [0.5, 0.6) is 0 Å². The van der Waals surface area contributed by atoms with Crippen LogP contribution < -0.4 is 5.32 Å². The van der Waals surface area contributed by atoms with Crippen LogP contribution in [-0.2, 0) is 11.2 Å². The second-order valence-corrected chi connectivity index (χ2v) is 5.84. The van der Waals surface area contributed by atoms with Crippen molar-refractivity contribution in [3.05, 3.63) is 70.3 Å². The van der Waals surface area contributed by atoms with E-state index < -0.39 is 0 Å². The number of halogens is 1. The molecule has 0 aliphatic heterocycles. The van der Waals surface area contributed by atoms with Gasteiger partial charge in [-0.05, 0) is 35.9 Å². The van der Waals surface area contributed by atoms with Crippen LogP contribution in [-0.4, -0.2) is 16.8 Å². The molecule has 0 saturated heterocycles. The average Bonchev–Trinajstić information content (AvgIpc) is 2.90. The predicted octanol–water partition coefficient (Wildman–Crippen LogP) is 3.43. The lowest BCUT2D eigenvalue weighted by atomic mass is 10.1. The highest BCUT2D eigenvalue weighted by molar-refractivity contribution is 9.10. The molecule has 0 radical (unpaired) electrons. The van der Waals surface area contributed by atoms with Crippen LogP contribution >= 0.6 is 15.9 Å². The van der Waals surface area contributed by atoms with Gasteiger partial charge in [0.1, 0.15) is 0 Å². The number of nitrogens with one attached hydrogen (secondary N) is 2. The van der Waals surface area contributed by atoms with E-state index in [0.717, 1.165) is 20.9 Å². The summed E-state index contributed by atoms with van der Waals surface area (Å²) in [6.45, 7) is 0. The molecule has 110 valence electrons. The van der Waals surface area contributed by atoms with Crippen LogP contribution in [0, 0.1) is 0 Å². The van der Waals surface area contributed by atoms with Gasteiger partial charge in [-0.3, -0.25) is 14.9 Å². The molecule has 0 atom stereocenters. The molecule has 0 aliphatic rings. The third-order valence-corrected chi connectivity index (χ3v) is 3.86. The first-order chi connectivity index (χ1) is 10.6. The van der Waals surface area contributed by atoms with Crippen LogP contribution in [0.1, 0.15) is 15.9 Å². The van der Waals surface area contributed by atoms with Crippen molar-refractivity contribution in [1.82, 2.24) is 10.3 Å². The Morgan fingerprint density at radius 2 is 1.86 bits per heavy atom. The third kappa shape index (κ3) is 3.09. The summed E-state index contributed by atoms with van der Waals surface area (Å²) < 4.78 is 0.946. The minimum absolute atomic E-state index is 0.148. The topological polar surface area (TPSA) is 62.0 Å². The van der Waals surface area contributed by atoms with E-state index >= 15 is 0 Å². The Morgan fingerprint density at radius 3 is 2.64 bits per heavy atom. The molecule has 0 aliphatic carbocycles. The van der Waals surface area contributed by atoms with Crippen LogP contribution in [0.15, 0.2) is 59.2 Å². The number of H-pyrrole nitrogens is 1. The number of hydrogen-bond donors (Lipinski definition) is 2. The molecule has 22 heavy (non-hydrogen) atoms. The van der Waals surface area contributed by atoms with Crippen LogP contribution in [0.4, 0.5) is 0 Å². The monoisotopic (exact) mass is 356 g/mol. The van der Waals surface area contributed by atoms with Crippen LogP contribution in [0.3, 0.4) is 0 Å². The zero-order valence-electron chi connectivity index (χ0n) is 11.6. The first kappa shape index (κ1) is 14.5. The molecule has 5 heteroatoms. The SMILES string of the molecule is O=C(Cc1c[nH]c2ccc(Br)cc12)NC(=O)c1ccccc1. The summed E-state index contributed by atoms with van der Waals surface area (Å²) in [7, 11) is 0. The fraction of sp³-hybridized carbons (Fsp3) is 0.0588. The highest BCUT2D eigenvalue weighted by atomic mass is 79.9. The summed E-state index contributed by atoms with van der Waals surface area (Å²) in [4.78, 5) is 27.1. The zero-order chi connectivity index (χ0) is 15.5. The molecule has 0 spiro atoms. The van der Waals surface area contributed by atoms with Gasteiger partial charge in [-0.25, -0.2) is 0 Å². The second-order valence-electron chi connectivity index (χ2n) is 4.92. The number of aromatic amines is 1. The first-order valence-electron chi connectivity index (χ1n) is 6.78. The van der Waals surface area contributed by atoms with Crippen molar-refractivity contribution in [2.45, 2.75) is 6.42 Å². The number of amides is 2. The number of carbonyl (C=O) groups is 2. The van der Waals surface area contributed by atoms with E-state index in [-0.39, 0.29) is 18.2 Å². The molecule has 4 nitrogen and oxygen atoms in total. The minimum atomic E-state index is -0.383. The lowest BCUT2D eigenvalue weighted by molar-refractivity contribution is -0.119. The van der Waals surface area contributed by atoms with E-state index in [0.29, 0.717) is 5.56 Å². The number of aromatic nitrogens is 1. The van der Waals surface area contributed by atoms with Gasteiger partial charge >= 0.3 is 0 Å². The van der Waals surface area contributed by atoms with Gasteiger partial charge in [-0.15, -0.1) is 0 Å². The Labute approximate surface area is 135 Å². The molecule has 1 aromatic heterocycles. The lowest BCUT2D eigenvalue weighted by Gasteiger charge is -2.04. The average molecular weight is 357 g/mol. The van der Waals surface area contributed by atoms with E-state index in [9.17, 15) is 9.59 Å². The largest absolute Gasteiger partial charge is 0.361 e. The van der Waals surface area contributed by atoms with Crippen molar-refractivity contribution in [2.24, 2.45) is 0 Å². The predicted molar refractivity (Wildman–Crippen MR) is 88.6 cm³/mol. The van der Waals surface area contributed by atoms with Crippen molar-refractivity contribution in [1.29, 1.82) is 0 Å². The van der Waals surface area contributed by atoms with Crippen molar-refractivity contribution in [3.8, 4) is 0 Å². The summed E-state index contributed by atoms with van der Waals surface area (Å²) in [5, 5.41) is 3.38. The quantitative estimate of drug-likeness (QED) is 0.755. The molecule has 0 unspecified atom stereocenters. The number of imide groups is 1. The third-order valence-electron chi connectivity index (χ3n) is 3.37. The van der Waals surface area contributed by atoms with Crippen molar-refractivity contribution in [2.75, 3.05) is 0 Å². The van der Waals surface area contributed by atoms with E-state index in [2.05, 4.69) is 26.2 Å². The van der Waals surface area contributed by atoms with E-state index in [1.807, 2.05) is 24.3 Å². The molecule has 0 bridgehead atoms. The summed E-state index contributed by atoms with van der Waals surface area (Å²) >= 11 is 3.42. The van der Waals surface area contributed by atoms with Gasteiger partial charge in [-0.2, -0.15) is 0 Å². The van der Waals surface area contributed by atoms with E-state index in [1.165, 1.54) is 0 Å². The fourth-order valence-electron chi connectivity index (χ4n) is 2.30. The molecule has 0 saturated carbocycles. The van der Waals surface area contributed by atoms with Gasteiger partial charge in [-0.1, -0.05) is 34.1 Å². The Kier molecular flexibility index (Phi) is 4.06. The zero-order valence-corrected chi connectivity index (χ0v) is 13.2. The summed E-state index contributed by atoms with van der Waals surface area (Å²) in [5.74, 6) is -0.707. The van der Waals surface area contributed by atoms with Crippen LogP contribution in [0.25, 0.3) is 10.9 Å². The van der Waals surface area contributed by atoms with Gasteiger partial charge < -0.3 is 4.98 Å². The summed E-state index contributed by atoms with van der Waals surface area (Å²) in [5.41, 5.74) is 2.28. The lowest BCUT2D eigenvalue weighted by Crippen LogP contribution is -2.31. The number of carbonyl (C=O) groups excluding carboxylic acids is 2. The second kappa shape index (κ2) is 6.15. The van der Waals surface area contributed by atoms with Gasteiger partial charge in [0.2, 0.25) is 5.91 Å². The minimum Gasteiger partial charge on any atom is -0.361 e. The maximum atomic E-state index is 12.1. The van der Waals surface area contributed by atoms with Crippen LogP contribution in [0.2, 0.25) is 0 Å².